The van der Waals surface area contributed by atoms with Crippen molar-refractivity contribution in [2.24, 2.45) is 0 Å². The molecule has 4 rings (SSSR count). The number of ether oxygens (including phenoxy) is 2. The van der Waals surface area contributed by atoms with Gasteiger partial charge in [-0.2, -0.15) is 18.4 Å². The molecule has 1 atom stereocenters. The van der Waals surface area contributed by atoms with E-state index in [0.29, 0.717) is 12.8 Å². The van der Waals surface area contributed by atoms with Crippen LogP contribution in [0.5, 0.6) is 17.4 Å². The van der Waals surface area contributed by atoms with Crippen molar-refractivity contribution in [3.8, 4) is 23.4 Å². The van der Waals surface area contributed by atoms with E-state index in [-0.39, 0.29) is 21.9 Å². The number of nitrogens with zero attached hydrogens (tertiary/aromatic N) is 3. The van der Waals surface area contributed by atoms with Crippen LogP contribution < -0.4 is 14.8 Å². The first-order valence-corrected chi connectivity index (χ1v) is 13.7. The number of nitriles is 1. The third kappa shape index (κ3) is 5.29. The molecule has 3 aromatic rings. The van der Waals surface area contributed by atoms with Gasteiger partial charge in [-0.3, -0.25) is 4.79 Å². The second-order valence-corrected chi connectivity index (χ2v) is 11.4. The largest absolute Gasteiger partial charge is 0.490 e. The predicted molar refractivity (Wildman–Crippen MR) is 135 cm³/mol. The molecule has 40 heavy (non-hydrogen) atoms. The molecular weight excluding hydrogens is 554 g/mol. The molecule has 1 aromatic heterocycles. The van der Waals surface area contributed by atoms with E-state index in [1.165, 1.54) is 42.7 Å². The van der Waals surface area contributed by atoms with Gasteiger partial charge in [0.1, 0.15) is 5.56 Å². The highest BCUT2D eigenvalue weighted by Crippen LogP contribution is 2.48. The normalized spacial score (nSPS) is 15.8. The fourth-order valence-corrected chi connectivity index (χ4v) is 5.06. The first kappa shape index (κ1) is 28.8. The van der Waals surface area contributed by atoms with Crippen LogP contribution in [0.25, 0.3) is 0 Å². The topological polar surface area (TPSA) is 138 Å². The molecule has 0 spiro atoms. The van der Waals surface area contributed by atoms with Gasteiger partial charge in [-0.15, -0.1) is 10.2 Å². The Balaban J connectivity index is 1.79. The summed E-state index contributed by atoms with van der Waals surface area (Å²) in [6.45, 7) is 1.01. The fourth-order valence-electron chi connectivity index (χ4n) is 4.37. The van der Waals surface area contributed by atoms with Crippen molar-refractivity contribution in [1.82, 2.24) is 10.2 Å². The molecule has 210 valence electrons. The summed E-state index contributed by atoms with van der Waals surface area (Å²) in [7, 11) is -2.00. The number of carbonyl (C=O) groups excluding carboxylic acids is 1. The van der Waals surface area contributed by atoms with E-state index in [4.69, 9.17) is 14.3 Å². The molecule has 1 unspecified atom stereocenters. The molecule has 1 heterocycles. The third-order valence-corrected chi connectivity index (χ3v) is 7.78. The van der Waals surface area contributed by atoms with E-state index in [9.17, 15) is 27.4 Å². The molecule has 0 saturated heterocycles. The molecule has 14 heteroatoms. The number of aromatic nitrogens is 2. The van der Waals surface area contributed by atoms with Gasteiger partial charge in [0.05, 0.1) is 28.3 Å². The number of rotatable bonds is 7. The molecule has 1 saturated carbocycles. The zero-order valence-corrected chi connectivity index (χ0v) is 22.3. The van der Waals surface area contributed by atoms with Crippen LogP contribution in [0.2, 0.25) is 0 Å². The number of methoxy groups -OCH3 is 1. The maximum atomic E-state index is 15.5. The summed E-state index contributed by atoms with van der Waals surface area (Å²) in [4.78, 5) is 13.4. The number of alkyl halides is 3. The first-order valence-electron chi connectivity index (χ1n) is 11.8. The molecule has 0 radical (unpaired) electrons. The SMILES string of the molecule is COc1c(Oc2nnc(C(F)(F)F)c(C)c2C(=O)Nc2cccc(S(C)(=N)=O)c2)ccc(C2(C#N)CCC2)c1F. The van der Waals surface area contributed by atoms with E-state index >= 15 is 4.39 Å². The van der Waals surface area contributed by atoms with Crippen molar-refractivity contribution in [2.75, 3.05) is 18.7 Å². The number of hydrogen-bond donors (Lipinski definition) is 2. The molecule has 1 amide bonds. The minimum atomic E-state index is -4.96. The van der Waals surface area contributed by atoms with Crippen LogP contribution in [0.15, 0.2) is 41.3 Å². The molecule has 2 aromatic carbocycles. The number of nitrogens with one attached hydrogen (secondary N) is 2. The van der Waals surface area contributed by atoms with Crippen LogP contribution in [0.4, 0.5) is 23.2 Å². The average molecular weight is 578 g/mol. The number of carbonyl (C=O) groups is 1. The zero-order chi connectivity index (χ0) is 29.5. The van der Waals surface area contributed by atoms with Crippen molar-refractivity contribution in [1.29, 1.82) is 10.0 Å². The Morgan fingerprint density at radius 3 is 2.48 bits per heavy atom. The minimum absolute atomic E-state index is 0.0512. The van der Waals surface area contributed by atoms with Gasteiger partial charge in [-0.25, -0.2) is 13.4 Å². The number of benzene rings is 2. The van der Waals surface area contributed by atoms with Crippen molar-refractivity contribution < 1.29 is 36.0 Å². The van der Waals surface area contributed by atoms with E-state index in [2.05, 4.69) is 21.6 Å². The molecule has 0 bridgehead atoms. The molecule has 1 fully saturated rings. The summed E-state index contributed by atoms with van der Waals surface area (Å²) in [5.41, 5.74) is -3.57. The van der Waals surface area contributed by atoms with E-state index in [0.717, 1.165) is 20.5 Å². The second-order valence-electron chi connectivity index (χ2n) is 9.29. The van der Waals surface area contributed by atoms with Crippen LogP contribution in [0, 0.1) is 28.9 Å². The van der Waals surface area contributed by atoms with Crippen LogP contribution in [-0.4, -0.2) is 33.7 Å². The smallest absolute Gasteiger partial charge is 0.435 e. The molecule has 9 nitrogen and oxygen atoms in total. The summed E-state index contributed by atoms with van der Waals surface area (Å²) in [6.07, 6.45) is -2.14. The van der Waals surface area contributed by atoms with E-state index in [1.54, 1.807) is 0 Å². The summed E-state index contributed by atoms with van der Waals surface area (Å²) >= 11 is 0. The molecule has 1 aliphatic rings. The number of amides is 1. The first-order chi connectivity index (χ1) is 18.7. The summed E-state index contributed by atoms with van der Waals surface area (Å²) in [6, 6.07) is 10.2. The van der Waals surface area contributed by atoms with Crippen molar-refractivity contribution in [3.05, 3.63) is 64.6 Å². The number of halogens is 4. The van der Waals surface area contributed by atoms with Gasteiger partial charge in [0.25, 0.3) is 11.8 Å². The lowest BCUT2D eigenvalue weighted by Gasteiger charge is -2.36. The van der Waals surface area contributed by atoms with Gasteiger partial charge in [0.15, 0.2) is 23.0 Å². The van der Waals surface area contributed by atoms with Gasteiger partial charge in [0, 0.05) is 22.4 Å². The van der Waals surface area contributed by atoms with Crippen molar-refractivity contribution in [2.45, 2.75) is 42.7 Å². The lowest BCUT2D eigenvalue weighted by Crippen LogP contribution is -2.33. The molecular formula is C26H23F4N5O4S. The summed E-state index contributed by atoms with van der Waals surface area (Å²) in [5.74, 6) is -3.35. The van der Waals surface area contributed by atoms with Crippen molar-refractivity contribution in [3.63, 3.8) is 0 Å². The average Bonchev–Trinajstić information content (AvgIpc) is 2.84. The van der Waals surface area contributed by atoms with Gasteiger partial charge >= 0.3 is 6.18 Å². The maximum Gasteiger partial charge on any atom is 0.435 e. The highest BCUT2D eigenvalue weighted by Gasteiger charge is 2.43. The molecule has 0 aliphatic heterocycles. The Morgan fingerprint density at radius 1 is 1.23 bits per heavy atom. The molecule has 1 aliphatic carbocycles. The van der Waals surface area contributed by atoms with Crippen LogP contribution in [-0.2, 0) is 21.3 Å². The highest BCUT2D eigenvalue weighted by atomic mass is 32.2. The molecule has 2 N–H and O–H groups in total. The van der Waals surface area contributed by atoms with Crippen LogP contribution >= 0.6 is 0 Å². The van der Waals surface area contributed by atoms with Crippen molar-refractivity contribution >= 4 is 21.3 Å². The van der Waals surface area contributed by atoms with Gasteiger partial charge in [0.2, 0.25) is 0 Å². The Labute approximate surface area is 227 Å². The lowest BCUT2D eigenvalue weighted by atomic mass is 9.65. The fraction of sp³-hybridized carbons (Fsp3) is 0.308. The monoisotopic (exact) mass is 577 g/mol. The Hall–Kier alpha value is -4.25. The minimum Gasteiger partial charge on any atom is -0.490 e. The summed E-state index contributed by atoms with van der Waals surface area (Å²) in [5, 5.41) is 18.7. The van der Waals surface area contributed by atoms with Gasteiger partial charge in [-0.1, -0.05) is 12.1 Å². The van der Waals surface area contributed by atoms with Crippen LogP contribution in [0.3, 0.4) is 0 Å². The second kappa shape index (κ2) is 10.4. The Bertz CT molecular complexity index is 1650. The zero-order valence-electron chi connectivity index (χ0n) is 21.5. The van der Waals surface area contributed by atoms with E-state index < -0.39 is 61.5 Å². The quantitative estimate of drug-likeness (QED) is 0.330. The number of hydrogen-bond acceptors (Lipinski definition) is 8. The maximum absolute atomic E-state index is 15.5. The van der Waals surface area contributed by atoms with Gasteiger partial charge < -0.3 is 14.8 Å². The Kier molecular flexibility index (Phi) is 7.46. The Morgan fingerprint density at radius 2 is 1.93 bits per heavy atom. The number of anilines is 1. The van der Waals surface area contributed by atoms with E-state index in [1.807, 2.05) is 0 Å². The van der Waals surface area contributed by atoms with Crippen LogP contribution in [0.1, 0.15) is 46.4 Å². The highest BCUT2D eigenvalue weighted by molar-refractivity contribution is 7.91. The summed E-state index contributed by atoms with van der Waals surface area (Å²) < 4.78 is 87.0. The predicted octanol–water partition coefficient (Wildman–Crippen LogP) is 5.98. The third-order valence-electron chi connectivity index (χ3n) is 6.63. The van der Waals surface area contributed by atoms with Gasteiger partial charge in [-0.05, 0) is 56.0 Å². The standard InChI is InChI=1S/C26H23F4N5O4S/c1-14-19(23(36)33-15-6-4-7-16(12-15)40(3,32)37)24(35-34-22(14)26(28,29)30)39-18-9-8-17(20(27)21(18)38-2)25(13-31)10-5-11-25/h4,6-9,12,32H,5,10-11H2,1-3H3,(H,33,36). The lowest BCUT2D eigenvalue weighted by molar-refractivity contribution is -0.142.